The van der Waals surface area contributed by atoms with E-state index in [0.717, 1.165) is 18.8 Å². The molecule has 0 spiro atoms. The number of piperidine rings is 1. The van der Waals surface area contributed by atoms with Gasteiger partial charge >= 0.3 is 0 Å². The third kappa shape index (κ3) is 2.86. The van der Waals surface area contributed by atoms with Crippen LogP contribution < -0.4 is 10.6 Å². The van der Waals surface area contributed by atoms with Crippen molar-refractivity contribution in [2.45, 2.75) is 25.3 Å². The second-order valence-corrected chi connectivity index (χ2v) is 6.37. The SMILES string of the molecule is Cc1nnnn1-c1cccc(NC(=O)C2(n3cccn3)CCNCC2)c1. The van der Waals surface area contributed by atoms with Gasteiger partial charge in [0.25, 0.3) is 5.91 Å². The zero-order valence-corrected chi connectivity index (χ0v) is 14.5. The largest absolute Gasteiger partial charge is 0.324 e. The molecule has 134 valence electrons. The maximum Gasteiger partial charge on any atom is 0.252 e. The van der Waals surface area contributed by atoms with Crippen LogP contribution >= 0.6 is 0 Å². The fourth-order valence-electron chi connectivity index (χ4n) is 3.36. The van der Waals surface area contributed by atoms with Crippen molar-refractivity contribution in [3.8, 4) is 5.69 Å². The summed E-state index contributed by atoms with van der Waals surface area (Å²) in [6, 6.07) is 9.33. The molecule has 0 bridgehead atoms. The molecule has 3 heterocycles. The van der Waals surface area contributed by atoms with E-state index in [9.17, 15) is 4.79 Å². The van der Waals surface area contributed by atoms with Crippen molar-refractivity contribution in [1.82, 2.24) is 35.3 Å². The first-order valence-electron chi connectivity index (χ1n) is 8.57. The third-order valence-corrected chi connectivity index (χ3v) is 4.77. The number of nitrogens with zero attached hydrogens (tertiary/aromatic N) is 6. The van der Waals surface area contributed by atoms with Gasteiger partial charge in [0.2, 0.25) is 0 Å². The van der Waals surface area contributed by atoms with E-state index >= 15 is 0 Å². The fraction of sp³-hybridized carbons (Fsp3) is 0.353. The molecular weight excluding hydrogens is 332 g/mol. The number of anilines is 1. The van der Waals surface area contributed by atoms with Crippen LogP contribution in [0.3, 0.4) is 0 Å². The molecule has 0 atom stereocenters. The van der Waals surface area contributed by atoms with E-state index in [1.54, 1.807) is 15.6 Å². The number of hydrogen-bond donors (Lipinski definition) is 2. The second-order valence-electron chi connectivity index (χ2n) is 6.37. The van der Waals surface area contributed by atoms with Crippen molar-refractivity contribution in [1.29, 1.82) is 0 Å². The molecule has 4 rings (SSSR count). The molecule has 1 saturated heterocycles. The number of rotatable bonds is 4. The van der Waals surface area contributed by atoms with Crippen molar-refractivity contribution in [3.63, 3.8) is 0 Å². The average Bonchev–Trinajstić information content (AvgIpc) is 3.34. The zero-order chi connectivity index (χ0) is 18.0. The van der Waals surface area contributed by atoms with Crippen molar-refractivity contribution in [3.05, 3.63) is 48.5 Å². The van der Waals surface area contributed by atoms with Crippen LogP contribution in [0.15, 0.2) is 42.7 Å². The third-order valence-electron chi connectivity index (χ3n) is 4.77. The number of aromatic nitrogens is 6. The van der Waals surface area contributed by atoms with Crippen LogP contribution in [0.4, 0.5) is 5.69 Å². The number of nitrogens with one attached hydrogen (secondary N) is 2. The summed E-state index contributed by atoms with van der Waals surface area (Å²) in [6.07, 6.45) is 4.93. The van der Waals surface area contributed by atoms with Gasteiger partial charge in [-0.2, -0.15) is 9.78 Å². The topological polar surface area (TPSA) is 103 Å². The Morgan fingerprint density at radius 1 is 1.27 bits per heavy atom. The highest BCUT2D eigenvalue weighted by Gasteiger charge is 2.42. The van der Waals surface area contributed by atoms with Gasteiger partial charge in [-0.1, -0.05) is 6.07 Å². The first kappa shape index (κ1) is 16.4. The fourth-order valence-corrected chi connectivity index (χ4v) is 3.36. The molecule has 26 heavy (non-hydrogen) atoms. The van der Waals surface area contributed by atoms with Crippen LogP contribution in [-0.4, -0.2) is 49.0 Å². The summed E-state index contributed by atoms with van der Waals surface area (Å²) in [6.45, 7) is 3.38. The number of carbonyl (C=O) groups excluding carboxylic acids is 1. The van der Waals surface area contributed by atoms with Gasteiger partial charge in [-0.3, -0.25) is 9.48 Å². The van der Waals surface area contributed by atoms with E-state index in [2.05, 4.69) is 31.3 Å². The Morgan fingerprint density at radius 3 is 2.81 bits per heavy atom. The molecule has 3 aromatic rings. The van der Waals surface area contributed by atoms with E-state index in [1.807, 2.05) is 43.5 Å². The Morgan fingerprint density at radius 2 is 2.12 bits per heavy atom. The van der Waals surface area contributed by atoms with Gasteiger partial charge in [0.1, 0.15) is 5.54 Å². The molecule has 9 heteroatoms. The lowest BCUT2D eigenvalue weighted by molar-refractivity contribution is -0.126. The van der Waals surface area contributed by atoms with Gasteiger partial charge in [0, 0.05) is 18.1 Å². The second kappa shape index (κ2) is 6.68. The molecular formula is C17H20N8O. The maximum atomic E-state index is 13.2. The minimum absolute atomic E-state index is 0.0618. The van der Waals surface area contributed by atoms with Gasteiger partial charge in [-0.05, 0) is 67.5 Å². The standard InChI is InChI=1S/C17H20N8O/c1-13-21-22-23-25(13)15-5-2-4-14(12-15)20-16(26)17(6-9-18-10-7-17)24-11-3-8-19-24/h2-5,8,11-12,18H,6-7,9-10H2,1H3,(H,20,26). The number of amides is 1. The smallest absolute Gasteiger partial charge is 0.252 e. The maximum absolute atomic E-state index is 13.2. The Hall–Kier alpha value is -3.07. The van der Waals surface area contributed by atoms with Crippen LogP contribution in [-0.2, 0) is 10.3 Å². The molecule has 0 unspecified atom stereocenters. The highest BCUT2D eigenvalue weighted by atomic mass is 16.2. The lowest BCUT2D eigenvalue weighted by Gasteiger charge is -2.36. The van der Waals surface area contributed by atoms with Crippen LogP contribution in [0.5, 0.6) is 0 Å². The number of hydrogen-bond acceptors (Lipinski definition) is 6. The van der Waals surface area contributed by atoms with Crippen molar-refractivity contribution in [2.24, 2.45) is 0 Å². The van der Waals surface area contributed by atoms with Crippen LogP contribution in [0.2, 0.25) is 0 Å². The highest BCUT2D eigenvalue weighted by molar-refractivity contribution is 5.97. The summed E-state index contributed by atoms with van der Waals surface area (Å²) in [5.74, 6) is 0.619. The molecule has 1 aliphatic heterocycles. The Labute approximate surface area is 150 Å². The number of carbonyl (C=O) groups is 1. The summed E-state index contributed by atoms with van der Waals surface area (Å²) in [5, 5.41) is 22.2. The summed E-state index contributed by atoms with van der Waals surface area (Å²) in [7, 11) is 0. The van der Waals surface area contributed by atoms with Crippen LogP contribution in [0.1, 0.15) is 18.7 Å². The quantitative estimate of drug-likeness (QED) is 0.723. The van der Waals surface area contributed by atoms with Crippen LogP contribution in [0, 0.1) is 6.92 Å². The van der Waals surface area contributed by atoms with E-state index in [1.165, 1.54) is 0 Å². The van der Waals surface area contributed by atoms with Gasteiger partial charge in [0.05, 0.1) is 5.69 Å². The molecule has 9 nitrogen and oxygen atoms in total. The van der Waals surface area contributed by atoms with Gasteiger partial charge in [-0.15, -0.1) is 5.10 Å². The van der Waals surface area contributed by atoms with E-state index in [0.29, 0.717) is 24.4 Å². The predicted molar refractivity (Wildman–Crippen MR) is 94.8 cm³/mol. The molecule has 0 saturated carbocycles. The number of aryl methyl sites for hydroxylation is 1. The van der Waals surface area contributed by atoms with E-state index < -0.39 is 5.54 Å². The minimum atomic E-state index is -0.685. The first-order chi connectivity index (χ1) is 12.7. The van der Waals surface area contributed by atoms with Gasteiger partial charge < -0.3 is 10.6 Å². The molecule has 1 fully saturated rings. The monoisotopic (exact) mass is 352 g/mol. The van der Waals surface area contributed by atoms with Gasteiger partial charge in [0.15, 0.2) is 5.82 Å². The lowest BCUT2D eigenvalue weighted by atomic mass is 9.87. The minimum Gasteiger partial charge on any atom is -0.324 e. The van der Waals surface area contributed by atoms with E-state index in [-0.39, 0.29) is 5.91 Å². The highest BCUT2D eigenvalue weighted by Crippen LogP contribution is 2.29. The molecule has 0 aliphatic carbocycles. The average molecular weight is 352 g/mol. The number of benzene rings is 1. The van der Waals surface area contributed by atoms with Crippen molar-refractivity contribution >= 4 is 11.6 Å². The molecule has 0 radical (unpaired) electrons. The lowest BCUT2D eigenvalue weighted by Crippen LogP contribution is -2.52. The summed E-state index contributed by atoms with van der Waals surface area (Å²) in [4.78, 5) is 13.2. The van der Waals surface area contributed by atoms with Crippen LogP contribution in [0.25, 0.3) is 5.69 Å². The molecule has 1 aliphatic rings. The summed E-state index contributed by atoms with van der Waals surface area (Å²) in [5.41, 5.74) is 0.811. The van der Waals surface area contributed by atoms with Crippen molar-refractivity contribution in [2.75, 3.05) is 18.4 Å². The Balaban J connectivity index is 1.62. The molecule has 2 N–H and O–H groups in total. The molecule has 2 aromatic heterocycles. The number of tetrazole rings is 1. The molecule has 1 amide bonds. The predicted octanol–water partition coefficient (Wildman–Crippen LogP) is 0.885. The zero-order valence-electron chi connectivity index (χ0n) is 14.5. The summed E-state index contributed by atoms with van der Waals surface area (Å²) >= 11 is 0. The molecule has 1 aromatic carbocycles. The summed E-state index contributed by atoms with van der Waals surface area (Å²) < 4.78 is 3.40. The first-order valence-corrected chi connectivity index (χ1v) is 8.57. The van der Waals surface area contributed by atoms with Gasteiger partial charge in [-0.25, -0.2) is 0 Å². The normalized spacial score (nSPS) is 16.3. The Bertz CT molecular complexity index is 895. The van der Waals surface area contributed by atoms with E-state index in [4.69, 9.17) is 0 Å². The van der Waals surface area contributed by atoms with Crippen molar-refractivity contribution < 1.29 is 4.79 Å². The Kier molecular flexibility index (Phi) is 4.21.